The summed E-state index contributed by atoms with van der Waals surface area (Å²) in [5.74, 6) is 1.17. The molecule has 4 heteroatoms. The van der Waals surface area contributed by atoms with Gasteiger partial charge in [0.05, 0.1) is 0 Å². The van der Waals surface area contributed by atoms with Gasteiger partial charge in [-0.3, -0.25) is 0 Å². The van der Waals surface area contributed by atoms with Crippen LogP contribution in [0.5, 0.6) is 11.6 Å². The van der Waals surface area contributed by atoms with Crippen LogP contribution in [0, 0.1) is 0 Å². The van der Waals surface area contributed by atoms with Crippen molar-refractivity contribution in [2.45, 2.75) is 13.8 Å². The Morgan fingerprint density at radius 3 is 2.55 bits per heavy atom. The maximum Gasteiger partial charge on any atom is 0.238 e. The average molecular weight is 311 g/mol. The lowest BCUT2D eigenvalue weighted by Crippen LogP contribution is -1.93. The van der Waals surface area contributed by atoms with Crippen LogP contribution in [0.1, 0.15) is 19.4 Å². The minimum atomic E-state index is 0.343. The Bertz CT molecular complexity index is 837. The molecule has 3 rings (SSSR count). The smallest absolute Gasteiger partial charge is 0.238 e. The molecule has 2 aromatic carbocycles. The van der Waals surface area contributed by atoms with E-state index in [0.717, 1.165) is 16.7 Å². The van der Waals surface area contributed by atoms with Crippen LogP contribution >= 0.6 is 11.6 Å². The second-order valence-corrected chi connectivity index (χ2v) is 5.60. The molecule has 0 spiro atoms. The largest absolute Gasteiger partial charge is 0.437 e. The van der Waals surface area contributed by atoms with Gasteiger partial charge >= 0.3 is 0 Å². The van der Waals surface area contributed by atoms with Gasteiger partial charge in [-0.05, 0) is 36.8 Å². The van der Waals surface area contributed by atoms with Crippen LogP contribution in [-0.2, 0) is 0 Å². The lowest BCUT2D eigenvalue weighted by molar-refractivity contribution is 0.455. The summed E-state index contributed by atoms with van der Waals surface area (Å²) in [5.41, 5.74) is 2.23. The zero-order valence-electron chi connectivity index (χ0n) is 12.4. The van der Waals surface area contributed by atoms with E-state index >= 15 is 0 Å². The Balaban J connectivity index is 2.12. The van der Waals surface area contributed by atoms with Gasteiger partial charge < -0.3 is 4.74 Å². The van der Waals surface area contributed by atoms with Crippen LogP contribution < -0.4 is 4.74 Å². The topological polar surface area (TPSA) is 35.0 Å². The van der Waals surface area contributed by atoms with Crippen molar-refractivity contribution in [3.05, 3.63) is 64.8 Å². The lowest BCUT2D eigenvalue weighted by atomic mass is 10.0. The van der Waals surface area contributed by atoms with E-state index in [-0.39, 0.29) is 0 Å². The van der Waals surface area contributed by atoms with E-state index in [1.54, 1.807) is 12.1 Å². The number of fused-ring (bicyclic) bond motifs is 1. The van der Waals surface area contributed by atoms with Crippen LogP contribution in [-0.4, -0.2) is 10.2 Å². The number of benzene rings is 2. The molecule has 0 fully saturated rings. The van der Waals surface area contributed by atoms with E-state index in [0.29, 0.717) is 11.0 Å². The molecule has 110 valence electrons. The monoisotopic (exact) mass is 310 g/mol. The molecular weight excluding hydrogens is 296 g/mol. The van der Waals surface area contributed by atoms with Gasteiger partial charge in [-0.1, -0.05) is 53.6 Å². The molecule has 0 unspecified atom stereocenters. The van der Waals surface area contributed by atoms with Gasteiger partial charge in [-0.2, -0.15) is 0 Å². The molecule has 3 aromatic rings. The predicted octanol–water partition coefficient (Wildman–Crippen LogP) is 5.50. The Kier molecular flexibility index (Phi) is 4.07. The SMILES string of the molecule is CC(C)=Cc1c(Oc2ccc(Cl)nn2)ccc2ccccc12. The summed E-state index contributed by atoms with van der Waals surface area (Å²) in [6, 6.07) is 15.6. The predicted molar refractivity (Wildman–Crippen MR) is 90.4 cm³/mol. The highest BCUT2D eigenvalue weighted by Crippen LogP contribution is 2.32. The first-order chi connectivity index (χ1) is 10.6. The Morgan fingerprint density at radius 1 is 1.00 bits per heavy atom. The maximum atomic E-state index is 5.90. The first-order valence-electron chi connectivity index (χ1n) is 6.97. The molecule has 0 saturated heterocycles. The third kappa shape index (κ3) is 3.10. The quantitative estimate of drug-likeness (QED) is 0.640. The van der Waals surface area contributed by atoms with Gasteiger partial charge in [-0.15, -0.1) is 10.2 Å². The molecule has 22 heavy (non-hydrogen) atoms. The van der Waals surface area contributed by atoms with Gasteiger partial charge in [0.2, 0.25) is 5.88 Å². The van der Waals surface area contributed by atoms with E-state index in [4.69, 9.17) is 16.3 Å². The molecule has 1 aromatic heterocycles. The van der Waals surface area contributed by atoms with E-state index in [9.17, 15) is 0 Å². The molecule has 3 nitrogen and oxygen atoms in total. The minimum Gasteiger partial charge on any atom is -0.437 e. The maximum absolute atomic E-state index is 5.90. The number of halogens is 1. The van der Waals surface area contributed by atoms with Crippen molar-refractivity contribution in [1.82, 2.24) is 10.2 Å². The number of rotatable bonds is 3. The molecule has 0 aliphatic carbocycles. The van der Waals surface area contributed by atoms with E-state index in [1.165, 1.54) is 11.0 Å². The lowest BCUT2D eigenvalue weighted by Gasteiger charge is -2.11. The van der Waals surface area contributed by atoms with Crippen molar-refractivity contribution < 1.29 is 4.74 Å². The Morgan fingerprint density at radius 2 is 1.82 bits per heavy atom. The second-order valence-electron chi connectivity index (χ2n) is 5.22. The van der Waals surface area contributed by atoms with E-state index < -0.39 is 0 Å². The highest BCUT2D eigenvalue weighted by atomic mass is 35.5. The first kappa shape index (κ1) is 14.5. The van der Waals surface area contributed by atoms with Crippen LogP contribution in [0.3, 0.4) is 0 Å². The highest BCUT2D eigenvalue weighted by Gasteiger charge is 2.09. The number of hydrogen-bond acceptors (Lipinski definition) is 3. The van der Waals surface area contributed by atoms with Crippen molar-refractivity contribution in [2.24, 2.45) is 0 Å². The second kappa shape index (κ2) is 6.16. The number of hydrogen-bond donors (Lipinski definition) is 0. The Hall–Kier alpha value is -2.39. The summed E-state index contributed by atoms with van der Waals surface area (Å²) in [6.07, 6.45) is 2.11. The summed E-state index contributed by atoms with van der Waals surface area (Å²) in [7, 11) is 0. The third-order valence-corrected chi connectivity index (χ3v) is 3.39. The minimum absolute atomic E-state index is 0.343. The summed E-state index contributed by atoms with van der Waals surface area (Å²) in [5, 5.41) is 10.4. The molecule has 0 aliphatic heterocycles. The summed E-state index contributed by atoms with van der Waals surface area (Å²) in [4.78, 5) is 0. The zero-order valence-corrected chi connectivity index (χ0v) is 13.1. The van der Waals surface area contributed by atoms with Crippen LogP contribution in [0.25, 0.3) is 16.8 Å². The van der Waals surface area contributed by atoms with Crippen molar-refractivity contribution in [2.75, 3.05) is 0 Å². The fourth-order valence-electron chi connectivity index (χ4n) is 2.27. The molecule has 0 N–H and O–H groups in total. The standard InChI is InChI=1S/C18H15ClN2O/c1-12(2)11-15-14-6-4-3-5-13(14)7-8-16(15)22-18-10-9-17(19)20-21-18/h3-11H,1-2H3. The average Bonchev–Trinajstić information content (AvgIpc) is 2.51. The number of allylic oxidation sites excluding steroid dienone is 1. The fourth-order valence-corrected chi connectivity index (χ4v) is 2.37. The molecule has 0 radical (unpaired) electrons. The number of ether oxygens (including phenoxy) is 1. The van der Waals surface area contributed by atoms with Crippen molar-refractivity contribution in [3.63, 3.8) is 0 Å². The van der Waals surface area contributed by atoms with Crippen LogP contribution in [0.15, 0.2) is 54.1 Å². The summed E-state index contributed by atoms with van der Waals surface area (Å²) in [6.45, 7) is 4.13. The molecule has 0 saturated carbocycles. The van der Waals surface area contributed by atoms with Crippen molar-refractivity contribution in [1.29, 1.82) is 0 Å². The molecular formula is C18H15ClN2O. The zero-order chi connectivity index (χ0) is 15.5. The van der Waals surface area contributed by atoms with Gasteiger partial charge in [0.1, 0.15) is 5.75 Å². The number of nitrogens with zero attached hydrogens (tertiary/aromatic N) is 2. The molecule has 1 heterocycles. The van der Waals surface area contributed by atoms with E-state index in [2.05, 4.69) is 42.3 Å². The van der Waals surface area contributed by atoms with Crippen LogP contribution in [0.4, 0.5) is 0 Å². The highest BCUT2D eigenvalue weighted by molar-refractivity contribution is 6.29. The molecule has 0 amide bonds. The van der Waals surface area contributed by atoms with Gasteiger partial charge in [0, 0.05) is 11.6 Å². The first-order valence-corrected chi connectivity index (χ1v) is 7.35. The fraction of sp³-hybridized carbons (Fsp3) is 0.111. The molecule has 0 atom stereocenters. The van der Waals surface area contributed by atoms with Gasteiger partial charge in [-0.25, -0.2) is 0 Å². The van der Waals surface area contributed by atoms with E-state index in [1.807, 2.05) is 24.3 Å². The normalized spacial score (nSPS) is 10.5. The van der Waals surface area contributed by atoms with Crippen molar-refractivity contribution in [3.8, 4) is 11.6 Å². The van der Waals surface area contributed by atoms with Crippen molar-refractivity contribution >= 4 is 28.4 Å². The summed E-state index contributed by atoms with van der Waals surface area (Å²) >= 11 is 5.75. The number of aromatic nitrogens is 2. The summed E-state index contributed by atoms with van der Waals surface area (Å²) < 4.78 is 5.90. The van der Waals surface area contributed by atoms with Gasteiger partial charge in [0.15, 0.2) is 5.15 Å². The van der Waals surface area contributed by atoms with Gasteiger partial charge in [0.25, 0.3) is 0 Å². The Labute approximate surface area is 134 Å². The molecule has 0 bridgehead atoms. The molecule has 0 aliphatic rings. The third-order valence-electron chi connectivity index (χ3n) is 3.19. The van der Waals surface area contributed by atoms with Crippen LogP contribution in [0.2, 0.25) is 5.15 Å².